The molecule has 1 aromatic carbocycles. The third-order valence-corrected chi connectivity index (χ3v) is 0.852. The molecule has 0 bridgehead atoms. The minimum absolute atomic E-state index is 0.780. The Labute approximate surface area is 78.3 Å². The fraction of sp³-hybridized carbons (Fsp3) is 0.333. The molecule has 0 unspecified atom stereocenters. The summed E-state index contributed by atoms with van der Waals surface area (Å²) < 4.78 is 89.3. The second-order valence-corrected chi connectivity index (χ2v) is 1.58. The Morgan fingerprint density at radius 2 is 2.30 bits per heavy atom. The number of hydrogen-bond acceptors (Lipinski definition) is 1. The van der Waals surface area contributed by atoms with E-state index >= 15 is 0 Å². The van der Waals surface area contributed by atoms with Gasteiger partial charge in [0.2, 0.25) is 0 Å². The predicted molar refractivity (Wildman–Crippen MR) is 42.2 cm³/mol. The van der Waals surface area contributed by atoms with Crippen LogP contribution in [-0.2, 0) is 0 Å². The molecule has 0 saturated carbocycles. The van der Waals surface area contributed by atoms with Crippen molar-refractivity contribution in [2.75, 3.05) is 0 Å². The highest BCUT2D eigenvalue weighted by Gasteiger charge is 1.96. The van der Waals surface area contributed by atoms with Crippen LogP contribution in [0.5, 0.6) is 5.75 Å². The molecular weight excluding hydrogens is 124 g/mol. The first kappa shape index (κ1) is 1.31. The van der Waals surface area contributed by atoms with E-state index in [-0.39, 0.29) is 0 Å². The van der Waals surface area contributed by atoms with E-state index in [1.54, 1.807) is 0 Å². The molecule has 1 N–H and O–H groups in total. The molecule has 0 fully saturated rings. The Balaban J connectivity index is 3.96. The molecule has 0 atom stereocenters. The van der Waals surface area contributed by atoms with Crippen molar-refractivity contribution >= 4 is 0 Å². The van der Waals surface area contributed by atoms with Crippen molar-refractivity contribution in [1.29, 1.82) is 1.43 Å². The van der Waals surface area contributed by atoms with Gasteiger partial charge in [0, 0.05) is 9.60 Å². The Morgan fingerprint density at radius 1 is 1.60 bits per heavy atom. The molecule has 1 heteroatoms. The van der Waals surface area contributed by atoms with Crippen LogP contribution in [-0.4, -0.2) is 6.54 Å². The van der Waals surface area contributed by atoms with E-state index in [4.69, 9.17) is 16.5 Å². The van der Waals surface area contributed by atoms with Crippen LogP contribution in [0.4, 0.5) is 0 Å². The summed E-state index contributed by atoms with van der Waals surface area (Å²) in [5.74, 6) is -4.14. The van der Waals surface area contributed by atoms with E-state index in [1.165, 1.54) is 0 Å². The van der Waals surface area contributed by atoms with Crippen molar-refractivity contribution < 1.29 is 20.2 Å². The van der Waals surface area contributed by atoms with Gasteiger partial charge in [-0.3, -0.25) is 0 Å². The van der Waals surface area contributed by atoms with Crippen molar-refractivity contribution in [2.45, 2.75) is 19.6 Å². The fourth-order valence-electron chi connectivity index (χ4n) is 0.426. The van der Waals surface area contributed by atoms with Gasteiger partial charge in [0.05, 0.1) is 5.48 Å². The van der Waals surface area contributed by atoms with Gasteiger partial charge in [-0.05, 0) is 23.5 Å². The van der Waals surface area contributed by atoms with Crippen LogP contribution in [0.3, 0.4) is 0 Å². The van der Waals surface area contributed by atoms with Crippen molar-refractivity contribution in [3.63, 3.8) is 0 Å². The Morgan fingerprint density at radius 3 is 2.80 bits per heavy atom. The predicted octanol–water partition coefficient (Wildman–Crippen LogP) is 2.52. The number of aromatic hydroxyl groups is 1. The van der Waals surface area contributed by atoms with Gasteiger partial charge in [0.15, 0.2) is 0 Å². The highest BCUT2D eigenvalue weighted by Crippen LogP contribution is 2.16. The smallest absolute Gasteiger partial charge is 0.293 e. The van der Waals surface area contributed by atoms with Gasteiger partial charge in [-0.1, -0.05) is 25.8 Å². The molecule has 0 spiro atoms. The minimum atomic E-state index is -3.44. The molecule has 1 rings (SSSR count). The molecule has 10 heavy (non-hydrogen) atoms. The van der Waals surface area contributed by atoms with Crippen molar-refractivity contribution in [3.05, 3.63) is 29.7 Å². The second-order valence-electron chi connectivity index (χ2n) is 1.58. The molecule has 1 aromatic rings. The van der Waals surface area contributed by atoms with Gasteiger partial charge < -0.3 is 5.11 Å². The first-order valence-corrected chi connectivity index (χ1v) is 2.45. The average Bonchev–Trinajstić information content (AvgIpc) is 2.34. The molecule has 0 heterocycles. The molecule has 1 nitrogen and oxygen atoms in total. The van der Waals surface area contributed by atoms with Crippen molar-refractivity contribution in [3.8, 4) is 5.75 Å². The summed E-state index contributed by atoms with van der Waals surface area (Å²) in [7, 11) is 0. The van der Waals surface area contributed by atoms with Gasteiger partial charge >= 0.3 is 0 Å². The lowest BCUT2D eigenvalue weighted by atomic mass is 10.0. The topological polar surface area (TPSA) is 20.2 Å². The lowest BCUT2D eigenvalue weighted by Crippen LogP contribution is -1.84. The van der Waals surface area contributed by atoms with Crippen LogP contribution in [0, 0.1) is 0 Å². The molecule has 0 aromatic heterocycles. The van der Waals surface area contributed by atoms with E-state index in [2.05, 4.69) is 5.11 Å². The van der Waals surface area contributed by atoms with E-state index in [1.807, 2.05) is 0 Å². The summed E-state index contributed by atoms with van der Waals surface area (Å²) in [5.41, 5.74) is -1.08. The maximum absolute atomic E-state index is 7.95. The summed E-state index contributed by atoms with van der Waals surface area (Å²) in [6, 6.07) is -3.91. The van der Waals surface area contributed by atoms with Crippen molar-refractivity contribution in [2.24, 2.45) is 0 Å². The van der Waals surface area contributed by atoms with E-state index < -0.39 is 55.1 Å². The van der Waals surface area contributed by atoms with Gasteiger partial charge in [0.1, 0.15) is 5.75 Å². The monoisotopic (exact) mass is 148 g/mol. The number of hydrogen-bond donors (Lipinski definition) is 1. The Hall–Kier alpha value is -0.980. The molecule has 0 aliphatic carbocycles. The van der Waals surface area contributed by atoms with Crippen LogP contribution >= 0.6 is 0 Å². The minimum Gasteiger partial charge on any atom is -0.508 e. The number of phenolic OH excluding ortho intramolecular Hbond substituents is 1. The van der Waals surface area contributed by atoms with E-state index in [0.29, 0.717) is 0 Å². The molecule has 54 valence electrons. The molecule has 0 aliphatic heterocycles. The van der Waals surface area contributed by atoms with Gasteiger partial charge in [0.25, 0.3) is 1.43 Å². The largest absolute Gasteiger partial charge is 0.508 e. The summed E-state index contributed by atoms with van der Waals surface area (Å²) in [4.78, 5) is 0. The Bertz CT molecular complexity index is 543. The molecule has 0 radical (unpaired) electrons. The lowest BCUT2D eigenvalue weighted by Gasteiger charge is -2.03. The molecule has 0 aliphatic rings. The van der Waals surface area contributed by atoms with Crippen LogP contribution in [0.1, 0.15) is 40.2 Å². The van der Waals surface area contributed by atoms with Gasteiger partial charge in [-0.25, -0.2) is 0 Å². The maximum atomic E-state index is 7.95. The average molecular weight is 148 g/mol. The zero-order chi connectivity index (χ0) is 17.7. The quantitative estimate of drug-likeness (QED) is 0.683. The fourth-order valence-corrected chi connectivity index (χ4v) is 0.426. The Kier molecular flexibility index (Phi) is 0.359. The van der Waals surface area contributed by atoms with E-state index in [9.17, 15) is 0 Å². The highest BCUT2D eigenvalue weighted by molar-refractivity contribution is 5.27. The van der Waals surface area contributed by atoms with Gasteiger partial charge in [-0.2, -0.15) is 0 Å². The maximum Gasteiger partial charge on any atom is 0.293 e. The second kappa shape index (κ2) is 2.74. The summed E-state index contributed by atoms with van der Waals surface area (Å²) in [6.45, 7) is -6.88. The third-order valence-electron chi connectivity index (χ3n) is 0.852. The zero-order valence-corrected chi connectivity index (χ0v) is 4.91. The van der Waals surface area contributed by atoms with Crippen LogP contribution in [0.2, 0.25) is 0 Å². The number of benzene rings is 1. The molecular formula is C9H12O. The molecule has 0 amide bonds. The summed E-state index contributed by atoms with van der Waals surface area (Å²) in [5, 5.41) is 3.97. The summed E-state index contributed by atoms with van der Waals surface area (Å²) >= 11 is 0. The molecule has 0 saturated heterocycles. The SMILES string of the molecule is [2H]Oc1c([2H])c([2H])c(C([2H])(C([2H])([2H])[2H])C([2H])([2H])[2H])c([2H])c1[2H]. The standard InChI is InChI=1S/C9H12O/c1-7(2)8-3-5-9(10)6-4-8/h3-7,10H,1-2H3/i1D3,2D3,3D,4D,5D,6D,7D/hD. The van der Waals surface area contributed by atoms with Gasteiger partial charge in [-0.15, -0.1) is 0 Å². The van der Waals surface area contributed by atoms with E-state index in [0.717, 1.165) is 0 Å². The van der Waals surface area contributed by atoms with Crippen LogP contribution in [0.15, 0.2) is 24.2 Å². The summed E-state index contributed by atoms with van der Waals surface area (Å²) in [6.07, 6.45) is 0. The normalized spacial score (nSPS) is 30.8. The van der Waals surface area contributed by atoms with Crippen molar-refractivity contribution in [1.82, 2.24) is 0 Å². The highest BCUT2D eigenvalue weighted by atomic mass is 16.3. The van der Waals surface area contributed by atoms with Crippen LogP contribution < -0.4 is 0 Å². The number of rotatable bonds is 2. The first-order chi connectivity index (χ1) is 9.71. The number of phenols is 1. The first-order valence-electron chi connectivity index (χ1n) is 8.36. The zero-order valence-electron chi connectivity index (χ0n) is 16.9. The van der Waals surface area contributed by atoms with Crippen LogP contribution in [0.25, 0.3) is 0 Å². The third kappa shape index (κ3) is 1.50. The lowest BCUT2D eigenvalue weighted by molar-refractivity contribution is 0.475.